The van der Waals surface area contributed by atoms with Gasteiger partial charge >= 0.3 is 7.82 Å². The van der Waals surface area contributed by atoms with Gasteiger partial charge in [0.15, 0.2) is 0 Å². The van der Waals surface area contributed by atoms with Crippen LogP contribution in [0.3, 0.4) is 0 Å². The van der Waals surface area contributed by atoms with Gasteiger partial charge in [0, 0.05) is 6.42 Å². The summed E-state index contributed by atoms with van der Waals surface area (Å²) in [5.41, 5.74) is 0. The van der Waals surface area contributed by atoms with Crippen LogP contribution in [-0.4, -0.2) is 73.4 Å². The average Bonchev–Trinajstić information content (AvgIpc) is 3.35. The Kier molecular flexibility index (Phi) is 53.6. The number of aliphatic hydroxyl groups excluding tert-OH is 1. The van der Waals surface area contributed by atoms with Gasteiger partial charge in [-0.25, -0.2) is 4.57 Å². The molecule has 0 aromatic heterocycles. The maximum absolute atomic E-state index is 12.9. The standard InChI is InChI=1S/C64H121N2O6P/c1-6-8-10-12-14-16-18-19-20-21-22-23-24-25-26-27-28-29-30-31-32-33-34-35-36-37-38-39-40-41-42-43-44-45-46-47-48-50-52-54-56-58-64(68)65-62(61-72-73(69,70)71-60-59-66(3,4)5)63(67)57-55-53-51-49-17-15-13-11-9-7-2/h8,10,14,16,19-20,22-23,55,57,62-63,67H,6-7,9,11-13,15,17-18,21,24-54,56,58-61H2,1-5H3,(H-,65,68,69,70)/p+1/b10-8-,16-14-,20-19-,23-22-,57-55+. The number of likely N-dealkylation sites (N-methyl/N-ethyl adjacent to an activating group) is 1. The number of nitrogens with one attached hydrogen (secondary N) is 1. The molecule has 0 saturated carbocycles. The Bertz CT molecular complexity index is 1370. The zero-order valence-electron chi connectivity index (χ0n) is 48.9. The van der Waals surface area contributed by atoms with Crippen molar-refractivity contribution >= 4 is 13.7 Å². The smallest absolute Gasteiger partial charge is 0.387 e. The first-order chi connectivity index (χ1) is 35.5. The molecule has 3 unspecified atom stereocenters. The van der Waals surface area contributed by atoms with Gasteiger partial charge in [0.25, 0.3) is 0 Å². The van der Waals surface area contributed by atoms with Crippen LogP contribution in [0.4, 0.5) is 0 Å². The number of nitrogens with zero attached hydrogens (tertiary/aromatic N) is 1. The number of rotatable bonds is 57. The van der Waals surface area contributed by atoms with Crippen molar-refractivity contribution in [3.8, 4) is 0 Å². The van der Waals surface area contributed by atoms with Gasteiger partial charge < -0.3 is 19.8 Å². The highest BCUT2D eigenvalue weighted by Crippen LogP contribution is 2.43. The molecule has 0 bridgehead atoms. The lowest BCUT2D eigenvalue weighted by atomic mass is 10.0. The SMILES string of the molecule is CC/C=C\C/C=C\C/C=C\C/C=C\CCCCCCCCCCCCCCCCCCCCCCCCCCCCCCC(=O)NC(COP(=O)(O)OCC[N+](C)(C)C)C(O)/C=C/CCCCCCCCCC. The Hall–Kier alpha value is -1.80. The highest BCUT2D eigenvalue weighted by Gasteiger charge is 2.27. The third kappa shape index (κ3) is 57.7. The summed E-state index contributed by atoms with van der Waals surface area (Å²) in [4.78, 5) is 23.2. The van der Waals surface area contributed by atoms with Crippen molar-refractivity contribution in [1.29, 1.82) is 0 Å². The number of amides is 1. The molecule has 3 N–H and O–H groups in total. The van der Waals surface area contributed by atoms with Crippen LogP contribution in [0.25, 0.3) is 0 Å². The van der Waals surface area contributed by atoms with E-state index in [0.717, 1.165) is 64.2 Å². The number of phosphoric ester groups is 1. The second-order valence-electron chi connectivity index (χ2n) is 22.4. The highest BCUT2D eigenvalue weighted by molar-refractivity contribution is 7.47. The normalized spacial score (nSPS) is 14.2. The maximum atomic E-state index is 12.9. The molecular formula is C64H122N2O6P+. The van der Waals surface area contributed by atoms with Gasteiger partial charge in [-0.05, 0) is 57.8 Å². The molecule has 0 aliphatic heterocycles. The fraction of sp³-hybridized carbons (Fsp3) is 0.828. The molecule has 8 nitrogen and oxygen atoms in total. The molecule has 0 heterocycles. The molecule has 0 aromatic rings. The summed E-state index contributed by atoms with van der Waals surface area (Å²) >= 11 is 0. The lowest BCUT2D eigenvalue weighted by Gasteiger charge is -2.25. The van der Waals surface area contributed by atoms with Crippen molar-refractivity contribution in [3.05, 3.63) is 60.8 Å². The minimum absolute atomic E-state index is 0.0625. The third-order valence-electron chi connectivity index (χ3n) is 14.0. The van der Waals surface area contributed by atoms with Crippen molar-refractivity contribution in [3.63, 3.8) is 0 Å². The number of hydrogen-bond donors (Lipinski definition) is 3. The molecular weight excluding hydrogens is 924 g/mol. The number of allylic oxidation sites excluding steroid dienone is 9. The van der Waals surface area contributed by atoms with E-state index in [1.165, 1.54) is 205 Å². The second kappa shape index (κ2) is 55.0. The van der Waals surface area contributed by atoms with Gasteiger partial charge in [0.1, 0.15) is 13.2 Å². The predicted octanol–water partition coefficient (Wildman–Crippen LogP) is 19.3. The van der Waals surface area contributed by atoms with Crippen LogP contribution in [0.2, 0.25) is 0 Å². The molecule has 428 valence electrons. The average molecular weight is 1050 g/mol. The number of quaternary nitrogens is 1. The maximum Gasteiger partial charge on any atom is 0.472 e. The monoisotopic (exact) mass is 1050 g/mol. The fourth-order valence-corrected chi connectivity index (χ4v) is 9.89. The van der Waals surface area contributed by atoms with Crippen LogP contribution < -0.4 is 5.32 Å². The topological polar surface area (TPSA) is 105 Å². The Balaban J connectivity index is 3.78. The summed E-state index contributed by atoms with van der Waals surface area (Å²) in [5.74, 6) is -0.175. The van der Waals surface area contributed by atoms with Gasteiger partial charge in [0.2, 0.25) is 5.91 Å². The van der Waals surface area contributed by atoms with E-state index in [2.05, 4.69) is 67.8 Å². The van der Waals surface area contributed by atoms with Crippen molar-refractivity contribution in [2.24, 2.45) is 0 Å². The number of carbonyl (C=O) groups excluding carboxylic acids is 1. The van der Waals surface area contributed by atoms with E-state index in [4.69, 9.17) is 9.05 Å². The van der Waals surface area contributed by atoms with Gasteiger partial charge in [0.05, 0.1) is 39.9 Å². The van der Waals surface area contributed by atoms with Crippen molar-refractivity contribution in [2.45, 2.75) is 302 Å². The van der Waals surface area contributed by atoms with E-state index in [1.54, 1.807) is 6.08 Å². The second-order valence-corrected chi connectivity index (χ2v) is 23.9. The molecule has 9 heteroatoms. The van der Waals surface area contributed by atoms with Gasteiger partial charge in [-0.1, -0.05) is 286 Å². The molecule has 0 spiro atoms. The minimum atomic E-state index is -4.34. The van der Waals surface area contributed by atoms with Crippen LogP contribution in [0, 0.1) is 0 Å². The van der Waals surface area contributed by atoms with Gasteiger partial charge in [-0.3, -0.25) is 13.8 Å². The fourth-order valence-electron chi connectivity index (χ4n) is 9.15. The van der Waals surface area contributed by atoms with E-state index in [1.807, 2.05) is 27.2 Å². The summed E-state index contributed by atoms with van der Waals surface area (Å²) < 4.78 is 23.6. The third-order valence-corrected chi connectivity index (χ3v) is 15.0. The quantitative estimate of drug-likeness (QED) is 0.0243. The zero-order valence-corrected chi connectivity index (χ0v) is 49.8. The molecule has 0 radical (unpaired) electrons. The Morgan fingerprint density at radius 2 is 0.822 bits per heavy atom. The van der Waals surface area contributed by atoms with E-state index < -0.39 is 20.0 Å². The largest absolute Gasteiger partial charge is 0.472 e. The first-order valence-corrected chi connectivity index (χ1v) is 32.7. The van der Waals surface area contributed by atoms with Crippen molar-refractivity contribution in [1.82, 2.24) is 5.32 Å². The first-order valence-electron chi connectivity index (χ1n) is 31.2. The summed E-state index contributed by atoms with van der Waals surface area (Å²) in [6.45, 7) is 4.70. The van der Waals surface area contributed by atoms with Crippen LogP contribution in [0.1, 0.15) is 290 Å². The number of phosphoric acid groups is 1. The molecule has 1 amide bonds. The van der Waals surface area contributed by atoms with Gasteiger partial charge in [-0.2, -0.15) is 0 Å². The van der Waals surface area contributed by atoms with E-state index in [-0.39, 0.29) is 19.1 Å². The number of hydrogen-bond acceptors (Lipinski definition) is 5. The first kappa shape index (κ1) is 71.2. The molecule has 0 aromatic carbocycles. The van der Waals surface area contributed by atoms with Crippen LogP contribution >= 0.6 is 7.82 Å². The number of aliphatic hydroxyl groups is 1. The Morgan fingerprint density at radius 3 is 1.21 bits per heavy atom. The summed E-state index contributed by atoms with van der Waals surface area (Å²) in [5, 5.41) is 13.9. The zero-order chi connectivity index (χ0) is 53.5. The van der Waals surface area contributed by atoms with Crippen LogP contribution in [-0.2, 0) is 18.4 Å². The van der Waals surface area contributed by atoms with Crippen LogP contribution in [0.5, 0.6) is 0 Å². The minimum Gasteiger partial charge on any atom is -0.387 e. The Morgan fingerprint density at radius 1 is 0.479 bits per heavy atom. The lowest BCUT2D eigenvalue weighted by molar-refractivity contribution is -0.870. The number of carbonyl (C=O) groups is 1. The molecule has 73 heavy (non-hydrogen) atoms. The molecule has 0 aliphatic carbocycles. The molecule has 0 fully saturated rings. The molecule has 0 saturated heterocycles. The summed E-state index contributed by atoms with van der Waals surface area (Å²) in [7, 11) is 1.58. The van der Waals surface area contributed by atoms with E-state index in [0.29, 0.717) is 17.4 Å². The molecule has 0 aliphatic rings. The summed E-state index contributed by atoms with van der Waals surface area (Å²) in [6, 6.07) is -0.843. The van der Waals surface area contributed by atoms with E-state index >= 15 is 0 Å². The predicted molar refractivity (Wildman–Crippen MR) is 318 cm³/mol. The Labute approximate surface area is 453 Å². The number of unbranched alkanes of at least 4 members (excludes halogenated alkanes) is 36. The summed E-state index contributed by atoms with van der Waals surface area (Å²) in [6.07, 6.45) is 75.2. The van der Waals surface area contributed by atoms with Gasteiger partial charge in [-0.15, -0.1) is 0 Å². The lowest BCUT2D eigenvalue weighted by Crippen LogP contribution is -2.45. The van der Waals surface area contributed by atoms with E-state index in [9.17, 15) is 19.4 Å². The highest BCUT2D eigenvalue weighted by atomic mass is 31.2. The van der Waals surface area contributed by atoms with Crippen molar-refractivity contribution in [2.75, 3.05) is 40.9 Å². The van der Waals surface area contributed by atoms with Crippen molar-refractivity contribution < 1.29 is 32.9 Å². The molecule has 3 atom stereocenters. The molecule has 0 rings (SSSR count). The van der Waals surface area contributed by atoms with Crippen LogP contribution in [0.15, 0.2) is 60.8 Å².